The highest BCUT2D eigenvalue weighted by atomic mass is 16.7. The van der Waals surface area contributed by atoms with Crippen LogP contribution in [-0.4, -0.2) is 56.1 Å². The van der Waals surface area contributed by atoms with Gasteiger partial charge in [0.25, 0.3) is 0 Å². The fourth-order valence-corrected chi connectivity index (χ4v) is 10.9. The van der Waals surface area contributed by atoms with Gasteiger partial charge in [0.2, 0.25) is 6.29 Å². The largest absolute Gasteiger partial charge is 0.469 e. The molecule has 6 saturated carbocycles. The predicted octanol–water partition coefficient (Wildman–Crippen LogP) is 9.68. The van der Waals surface area contributed by atoms with Crippen LogP contribution in [0.25, 0.3) is 0 Å². The van der Waals surface area contributed by atoms with E-state index >= 15 is 0 Å². The molecule has 0 spiro atoms. The van der Waals surface area contributed by atoms with Crippen LogP contribution in [0.15, 0.2) is 0 Å². The molecule has 0 amide bonds. The molecule has 0 aromatic heterocycles. The maximum atomic E-state index is 12.6. The van der Waals surface area contributed by atoms with Crippen molar-refractivity contribution in [2.24, 2.45) is 65.1 Å². The number of hydrogen-bond donors (Lipinski definition) is 0. The third-order valence-corrected chi connectivity index (χ3v) is 12.8. The summed E-state index contributed by atoms with van der Waals surface area (Å²) in [6.07, 6.45) is 14.7. The lowest BCUT2D eigenvalue weighted by atomic mass is 9.70. The summed E-state index contributed by atoms with van der Waals surface area (Å²) in [5, 5.41) is 0. The fraction of sp³-hybridized carbons (Fsp3) is 0.905. The Hall–Kier alpha value is -2.16. The molecule has 0 N–H and O–H groups in total. The SMILES string of the molecule is C.C.C.C.C.C.CC(=O)OC1CCCCO1.CCC(CC(C)C(=O)OC1CC2CC1C1C3CCC(C3)C21)C(=O)OC.O=C1OC2CC3CC1C2C3. The first-order valence-corrected chi connectivity index (χ1v) is 17.9. The topological polar surface area (TPSA) is 114 Å². The molecule has 8 aliphatic rings. The highest BCUT2D eigenvalue weighted by Crippen LogP contribution is 2.67. The lowest BCUT2D eigenvalue weighted by Crippen LogP contribution is -2.38. The van der Waals surface area contributed by atoms with Crippen molar-refractivity contribution in [3.63, 3.8) is 0 Å². The summed E-state index contributed by atoms with van der Waals surface area (Å²) in [7, 11) is 1.41. The Morgan fingerprint density at radius 2 is 1.47 bits per heavy atom. The summed E-state index contributed by atoms with van der Waals surface area (Å²) in [6, 6.07) is 0. The van der Waals surface area contributed by atoms with E-state index in [0.29, 0.717) is 36.7 Å². The zero-order chi connectivity index (χ0) is 31.8. The third kappa shape index (κ3) is 10.3. The van der Waals surface area contributed by atoms with Gasteiger partial charge in [0.1, 0.15) is 12.2 Å². The average Bonchev–Trinajstić information content (AvgIpc) is 3.88. The Labute approximate surface area is 312 Å². The van der Waals surface area contributed by atoms with Crippen molar-refractivity contribution >= 4 is 23.9 Å². The molecule has 6 bridgehead atoms. The minimum Gasteiger partial charge on any atom is -0.469 e. The van der Waals surface area contributed by atoms with E-state index in [4.69, 9.17) is 23.7 Å². The highest BCUT2D eigenvalue weighted by molar-refractivity contribution is 5.76. The minimum atomic E-state index is -0.272. The summed E-state index contributed by atoms with van der Waals surface area (Å²) >= 11 is 0. The molecule has 2 heterocycles. The van der Waals surface area contributed by atoms with E-state index in [0.717, 1.165) is 80.6 Å². The highest BCUT2D eigenvalue weighted by Gasteiger charge is 2.63. The van der Waals surface area contributed by atoms with Gasteiger partial charge in [-0.25, -0.2) is 0 Å². The number of carbonyl (C=O) groups excluding carboxylic acids is 4. The van der Waals surface area contributed by atoms with E-state index in [1.807, 2.05) is 13.8 Å². The zero-order valence-corrected chi connectivity index (χ0v) is 27.7. The second-order valence-electron chi connectivity index (χ2n) is 15.3. The number of esters is 4. The van der Waals surface area contributed by atoms with Gasteiger partial charge in [0, 0.05) is 19.3 Å². The number of hydrogen-bond acceptors (Lipinski definition) is 9. The van der Waals surface area contributed by atoms with E-state index in [9.17, 15) is 19.2 Å². The van der Waals surface area contributed by atoms with Crippen LogP contribution in [0.1, 0.15) is 149 Å². The van der Waals surface area contributed by atoms with Gasteiger partial charge in [-0.3, -0.25) is 19.2 Å². The van der Waals surface area contributed by atoms with Crippen LogP contribution in [0.3, 0.4) is 0 Å². The van der Waals surface area contributed by atoms with Crippen LogP contribution < -0.4 is 0 Å². The van der Waals surface area contributed by atoms with Gasteiger partial charge >= 0.3 is 23.9 Å². The molecule has 9 heteroatoms. The van der Waals surface area contributed by atoms with Crippen molar-refractivity contribution < 1.29 is 42.9 Å². The first-order chi connectivity index (χ1) is 21.7. The molecule has 8 fully saturated rings. The number of methoxy groups -OCH3 is 1. The molecular formula is C42H78O9. The molecule has 2 aliphatic heterocycles. The van der Waals surface area contributed by atoms with Crippen LogP contribution in [0, 0.1) is 65.1 Å². The molecule has 2 saturated heterocycles. The van der Waals surface area contributed by atoms with E-state index in [1.165, 1.54) is 46.1 Å². The molecule has 6 aliphatic carbocycles. The summed E-state index contributed by atoms with van der Waals surface area (Å²) in [4.78, 5) is 45.9. The Bertz CT molecular complexity index is 1100. The average molecular weight is 727 g/mol. The number of rotatable bonds is 7. The van der Waals surface area contributed by atoms with Gasteiger partial charge in [0.15, 0.2) is 0 Å². The summed E-state index contributed by atoms with van der Waals surface area (Å²) in [5.41, 5.74) is 0. The molecule has 9 nitrogen and oxygen atoms in total. The van der Waals surface area contributed by atoms with Crippen LogP contribution in [0.4, 0.5) is 0 Å². The van der Waals surface area contributed by atoms with Gasteiger partial charge < -0.3 is 23.7 Å². The van der Waals surface area contributed by atoms with Crippen molar-refractivity contribution in [1.82, 2.24) is 0 Å². The van der Waals surface area contributed by atoms with Gasteiger partial charge in [-0.2, -0.15) is 0 Å². The van der Waals surface area contributed by atoms with Crippen molar-refractivity contribution in [3.8, 4) is 0 Å². The zero-order valence-electron chi connectivity index (χ0n) is 27.7. The normalized spacial score (nSPS) is 37.1. The second kappa shape index (κ2) is 20.9. The Balaban J connectivity index is 0.000000807. The Morgan fingerprint density at radius 1 is 0.784 bits per heavy atom. The molecule has 0 radical (unpaired) electrons. The molecule has 0 aromatic carbocycles. The van der Waals surface area contributed by atoms with Crippen molar-refractivity contribution in [2.75, 3.05) is 13.7 Å². The molecule has 14 atom stereocenters. The monoisotopic (exact) mass is 727 g/mol. The van der Waals surface area contributed by atoms with Crippen LogP contribution in [0.2, 0.25) is 0 Å². The quantitative estimate of drug-likeness (QED) is 0.144. The van der Waals surface area contributed by atoms with Crippen molar-refractivity contribution in [1.29, 1.82) is 0 Å². The van der Waals surface area contributed by atoms with Gasteiger partial charge in [0.05, 0.1) is 31.5 Å². The molecular weight excluding hydrogens is 648 g/mol. The summed E-state index contributed by atoms with van der Waals surface area (Å²) in [6.45, 7) is 5.97. The predicted molar refractivity (Wildman–Crippen MR) is 203 cm³/mol. The maximum Gasteiger partial charge on any atom is 0.309 e. The van der Waals surface area contributed by atoms with Crippen molar-refractivity contribution in [2.45, 2.75) is 167 Å². The first kappa shape index (κ1) is 48.8. The number of fused-ring (bicyclic) bond motifs is 10. The smallest absolute Gasteiger partial charge is 0.309 e. The minimum absolute atomic E-state index is 0. The molecule has 8 rings (SSSR count). The van der Waals surface area contributed by atoms with Crippen molar-refractivity contribution in [3.05, 3.63) is 0 Å². The van der Waals surface area contributed by atoms with Crippen LogP contribution in [-0.2, 0) is 42.9 Å². The molecule has 300 valence electrons. The van der Waals surface area contributed by atoms with Gasteiger partial charge in [-0.1, -0.05) is 58.4 Å². The van der Waals surface area contributed by atoms with Gasteiger partial charge in [-0.15, -0.1) is 0 Å². The fourth-order valence-electron chi connectivity index (χ4n) is 10.9. The standard InChI is InChI=1S/C21H32O4.C8H10O2.C7H12O3.6CH4/c1-4-12(21(23)24-3)7-11(2)20(22)25-17-10-15-9-16(17)19-14-6-5-13(8-14)18(15)19;9-8-6-2-4-1-5(6)7(3-4)10-8;1-6(8)10-7-4-2-3-5-9-7;;;;;;/h11-19H,4-10H2,1-3H3;4-7H,1-3H2;7H,2-5H2,1H3;6*1H4. The van der Waals surface area contributed by atoms with E-state index in [-0.39, 0.29) is 92.7 Å². The molecule has 14 unspecified atom stereocenters. The Morgan fingerprint density at radius 3 is 2.02 bits per heavy atom. The summed E-state index contributed by atoms with van der Waals surface area (Å²) in [5.74, 6) is 5.91. The van der Waals surface area contributed by atoms with E-state index < -0.39 is 0 Å². The first-order valence-electron chi connectivity index (χ1n) is 17.9. The van der Waals surface area contributed by atoms with Gasteiger partial charge in [-0.05, 0) is 118 Å². The number of ether oxygens (including phenoxy) is 5. The number of carbonyl (C=O) groups is 4. The Kier molecular flexibility index (Phi) is 20.0. The van der Waals surface area contributed by atoms with Crippen LogP contribution >= 0.6 is 0 Å². The molecule has 51 heavy (non-hydrogen) atoms. The lowest BCUT2D eigenvalue weighted by molar-refractivity contribution is -0.184. The maximum absolute atomic E-state index is 12.6. The third-order valence-electron chi connectivity index (χ3n) is 12.8. The van der Waals surface area contributed by atoms with E-state index in [1.54, 1.807) is 0 Å². The van der Waals surface area contributed by atoms with Crippen LogP contribution in [0.5, 0.6) is 0 Å². The molecule has 0 aromatic rings. The second-order valence-corrected chi connectivity index (χ2v) is 15.3. The van der Waals surface area contributed by atoms with E-state index in [2.05, 4.69) is 0 Å². The lowest BCUT2D eigenvalue weighted by Gasteiger charge is -2.38. The summed E-state index contributed by atoms with van der Waals surface area (Å²) < 4.78 is 26.0.